The van der Waals surface area contributed by atoms with Crippen molar-refractivity contribution in [3.8, 4) is 6.07 Å². The molecule has 1 aromatic carbocycles. The fourth-order valence-corrected chi connectivity index (χ4v) is 5.20. The van der Waals surface area contributed by atoms with E-state index in [2.05, 4.69) is 16.0 Å². The van der Waals surface area contributed by atoms with Crippen molar-refractivity contribution in [1.82, 2.24) is 20.9 Å². The van der Waals surface area contributed by atoms with Crippen molar-refractivity contribution in [2.75, 3.05) is 20.1 Å². The summed E-state index contributed by atoms with van der Waals surface area (Å²) in [6.45, 7) is 14.7. The van der Waals surface area contributed by atoms with Crippen molar-refractivity contribution in [1.29, 1.82) is 5.26 Å². The van der Waals surface area contributed by atoms with Crippen molar-refractivity contribution < 1.29 is 19.2 Å². The Morgan fingerprint density at radius 2 is 1.74 bits per heavy atom. The first kappa shape index (κ1) is 38.1. The lowest BCUT2D eigenvalue weighted by atomic mass is 9.83. The lowest BCUT2D eigenvalue weighted by Gasteiger charge is -2.33. The topological polar surface area (TPSA) is 131 Å². The molecule has 2 rings (SSSR count). The van der Waals surface area contributed by atoms with Crippen LogP contribution in [0.3, 0.4) is 0 Å². The Balaban J connectivity index is 0.00000101. The van der Waals surface area contributed by atoms with E-state index in [0.29, 0.717) is 24.4 Å². The van der Waals surface area contributed by atoms with Crippen LogP contribution in [-0.4, -0.2) is 67.2 Å². The van der Waals surface area contributed by atoms with Gasteiger partial charge in [0, 0.05) is 17.5 Å². The molecule has 1 aliphatic rings. The predicted molar refractivity (Wildman–Crippen MR) is 171 cm³/mol. The molecule has 1 saturated heterocycles. The van der Waals surface area contributed by atoms with Crippen LogP contribution in [0.4, 0.5) is 0 Å². The maximum atomic E-state index is 13.8. The number of nitrogens with zero attached hydrogens (tertiary/aromatic N) is 2. The Kier molecular flexibility index (Phi) is 16.5. The second-order valence-electron chi connectivity index (χ2n) is 12.3. The SMILES string of the molecule is CCCC[C@H](NC(=O)C(C)(C)c1ccc(Cl)cc1)C(=O)N1CC[C@H](C(C)C)C1C(=O)N[C@@H](C)C#N.CNCC[C@H](C)C=O. The van der Waals surface area contributed by atoms with Gasteiger partial charge in [-0.1, -0.05) is 64.3 Å². The van der Waals surface area contributed by atoms with E-state index < -0.39 is 23.5 Å². The van der Waals surface area contributed by atoms with Crippen LogP contribution in [0.25, 0.3) is 0 Å². The van der Waals surface area contributed by atoms with Gasteiger partial charge in [0.15, 0.2) is 0 Å². The molecular weight excluding hydrogens is 566 g/mol. The first-order valence-corrected chi connectivity index (χ1v) is 15.8. The second-order valence-corrected chi connectivity index (χ2v) is 12.8. The summed E-state index contributed by atoms with van der Waals surface area (Å²) in [4.78, 5) is 51.9. The zero-order valence-electron chi connectivity index (χ0n) is 27.2. The minimum Gasteiger partial charge on any atom is -0.344 e. The van der Waals surface area contributed by atoms with Crippen molar-refractivity contribution in [2.45, 2.75) is 104 Å². The number of carbonyl (C=O) groups is 4. The van der Waals surface area contributed by atoms with Crippen LogP contribution in [0.5, 0.6) is 0 Å². The maximum absolute atomic E-state index is 13.8. The van der Waals surface area contributed by atoms with Gasteiger partial charge in [-0.25, -0.2) is 0 Å². The van der Waals surface area contributed by atoms with Crippen LogP contribution in [0.2, 0.25) is 5.02 Å². The molecule has 43 heavy (non-hydrogen) atoms. The molecule has 5 atom stereocenters. The van der Waals surface area contributed by atoms with Gasteiger partial charge in [-0.2, -0.15) is 5.26 Å². The lowest BCUT2D eigenvalue weighted by Crippen LogP contribution is -2.57. The molecule has 0 saturated carbocycles. The number of amides is 3. The number of carbonyl (C=O) groups excluding carboxylic acids is 4. The fraction of sp³-hybridized carbons (Fsp3) is 0.667. The summed E-state index contributed by atoms with van der Waals surface area (Å²) in [5, 5.41) is 18.4. The van der Waals surface area contributed by atoms with Crippen LogP contribution >= 0.6 is 11.6 Å². The molecule has 0 spiro atoms. The van der Waals surface area contributed by atoms with Gasteiger partial charge >= 0.3 is 0 Å². The minimum absolute atomic E-state index is 0.0159. The fourth-order valence-electron chi connectivity index (χ4n) is 5.07. The minimum atomic E-state index is -0.875. The quantitative estimate of drug-likeness (QED) is 0.261. The van der Waals surface area contributed by atoms with E-state index in [1.165, 1.54) is 0 Å². The number of nitrogens with one attached hydrogen (secondary N) is 3. The number of aldehydes is 1. The average Bonchev–Trinajstić information content (AvgIpc) is 3.44. The van der Waals surface area contributed by atoms with Crippen LogP contribution in [0, 0.1) is 29.1 Å². The molecule has 1 aliphatic heterocycles. The van der Waals surface area contributed by atoms with E-state index in [0.717, 1.165) is 37.7 Å². The second kappa shape index (κ2) is 18.6. The smallest absolute Gasteiger partial charge is 0.245 e. The van der Waals surface area contributed by atoms with Crippen molar-refractivity contribution in [3.63, 3.8) is 0 Å². The number of hydrogen-bond donors (Lipinski definition) is 3. The van der Waals surface area contributed by atoms with Gasteiger partial charge in [-0.3, -0.25) is 14.4 Å². The summed E-state index contributed by atoms with van der Waals surface area (Å²) in [5.41, 5.74) is -0.0790. The number of likely N-dealkylation sites (tertiary alicyclic amines) is 1. The number of benzene rings is 1. The molecule has 0 bridgehead atoms. The van der Waals surface area contributed by atoms with Crippen molar-refractivity contribution in [2.24, 2.45) is 17.8 Å². The molecule has 3 amide bonds. The van der Waals surface area contributed by atoms with E-state index >= 15 is 0 Å². The maximum Gasteiger partial charge on any atom is 0.245 e. The number of unbranched alkanes of at least 4 members (excludes halogenated alkanes) is 1. The van der Waals surface area contributed by atoms with Crippen LogP contribution in [0.15, 0.2) is 24.3 Å². The highest BCUT2D eigenvalue weighted by Crippen LogP contribution is 2.32. The van der Waals surface area contributed by atoms with E-state index in [-0.39, 0.29) is 35.5 Å². The van der Waals surface area contributed by atoms with E-state index in [1.807, 2.05) is 66.8 Å². The van der Waals surface area contributed by atoms with Gasteiger partial charge in [-0.05, 0) is 83.2 Å². The van der Waals surface area contributed by atoms with Crippen molar-refractivity contribution >= 4 is 35.6 Å². The van der Waals surface area contributed by atoms with Crippen LogP contribution in [-0.2, 0) is 24.6 Å². The third kappa shape index (κ3) is 11.6. The molecule has 240 valence electrons. The molecule has 10 heteroatoms. The van der Waals surface area contributed by atoms with Crippen LogP contribution in [0.1, 0.15) is 86.1 Å². The standard InChI is InChI=1S/C27H39ClN4O3.C6H13NO/c1-7-8-9-22(31-26(35)27(5,6)19-10-12-20(28)13-11-19)25(34)32-15-14-21(17(2)3)23(32)24(33)30-18(4)16-29;1-6(5-8)3-4-7-2/h10-13,17-18,21-23H,7-9,14-15H2,1-6H3,(H,30,33)(H,31,35);5-7H,3-4H2,1-2H3/t18-,21+,22-,23?;6-/m00/s1. The number of nitriles is 1. The summed E-state index contributed by atoms with van der Waals surface area (Å²) >= 11 is 6.01. The van der Waals surface area contributed by atoms with Gasteiger partial charge in [-0.15, -0.1) is 0 Å². The zero-order chi connectivity index (χ0) is 32.7. The van der Waals surface area contributed by atoms with E-state index in [9.17, 15) is 19.2 Å². The van der Waals surface area contributed by atoms with Crippen LogP contribution < -0.4 is 16.0 Å². The van der Waals surface area contributed by atoms with Crippen molar-refractivity contribution in [3.05, 3.63) is 34.9 Å². The molecule has 0 aromatic heterocycles. The third-order valence-electron chi connectivity index (χ3n) is 8.07. The molecule has 0 radical (unpaired) electrons. The third-order valence-corrected chi connectivity index (χ3v) is 8.32. The Morgan fingerprint density at radius 1 is 1.12 bits per heavy atom. The number of rotatable bonds is 14. The molecular formula is C33H52ClN5O4. The highest BCUT2D eigenvalue weighted by molar-refractivity contribution is 6.30. The van der Waals surface area contributed by atoms with E-state index in [1.54, 1.807) is 24.0 Å². The lowest BCUT2D eigenvalue weighted by molar-refractivity contribution is -0.143. The Labute approximate surface area is 263 Å². The first-order chi connectivity index (χ1) is 20.2. The normalized spacial score (nSPS) is 18.5. The van der Waals surface area contributed by atoms with Gasteiger partial charge in [0.25, 0.3) is 0 Å². The monoisotopic (exact) mass is 617 g/mol. The van der Waals surface area contributed by atoms with Gasteiger partial charge < -0.3 is 25.6 Å². The number of hydrogen-bond acceptors (Lipinski definition) is 6. The summed E-state index contributed by atoms with van der Waals surface area (Å²) in [6, 6.07) is 7.09. The molecule has 1 aromatic rings. The highest BCUT2D eigenvalue weighted by atomic mass is 35.5. The summed E-state index contributed by atoms with van der Waals surface area (Å²) in [7, 11) is 1.89. The molecule has 1 heterocycles. The Hall–Kier alpha value is -2.96. The predicted octanol–water partition coefficient (Wildman–Crippen LogP) is 4.62. The summed E-state index contributed by atoms with van der Waals surface area (Å²) in [6.07, 6.45) is 4.76. The molecule has 3 N–H and O–H groups in total. The summed E-state index contributed by atoms with van der Waals surface area (Å²) in [5.74, 6) is -0.431. The summed E-state index contributed by atoms with van der Waals surface area (Å²) < 4.78 is 0. The first-order valence-electron chi connectivity index (χ1n) is 15.4. The largest absolute Gasteiger partial charge is 0.344 e. The van der Waals surface area contributed by atoms with Gasteiger partial charge in [0.05, 0.1) is 11.5 Å². The Bertz CT molecular complexity index is 1090. The number of halogens is 1. The molecule has 9 nitrogen and oxygen atoms in total. The van der Waals surface area contributed by atoms with E-state index in [4.69, 9.17) is 16.9 Å². The molecule has 0 aliphatic carbocycles. The highest BCUT2D eigenvalue weighted by Gasteiger charge is 2.45. The average molecular weight is 618 g/mol. The molecule has 1 unspecified atom stereocenters. The van der Waals surface area contributed by atoms with Gasteiger partial charge in [0.1, 0.15) is 24.4 Å². The van der Waals surface area contributed by atoms with Gasteiger partial charge in [0.2, 0.25) is 17.7 Å². The zero-order valence-corrected chi connectivity index (χ0v) is 28.0. The Morgan fingerprint density at radius 3 is 2.26 bits per heavy atom. The molecule has 1 fully saturated rings.